The Labute approximate surface area is 123 Å². The quantitative estimate of drug-likeness (QED) is 0.939. The molecule has 0 aliphatic heterocycles. The van der Waals surface area contributed by atoms with Gasteiger partial charge >= 0.3 is 6.01 Å². The lowest BCUT2D eigenvalue weighted by atomic mass is 10.1. The van der Waals surface area contributed by atoms with Gasteiger partial charge in [0.05, 0.1) is 5.02 Å². The molecule has 0 saturated carbocycles. The molecule has 2 aromatic rings. The van der Waals surface area contributed by atoms with Gasteiger partial charge in [0.2, 0.25) is 5.88 Å². The third-order valence-corrected chi connectivity index (χ3v) is 2.83. The predicted octanol–water partition coefficient (Wildman–Crippen LogP) is 2.54. The molecular formula is C13H18ClN5O. The Morgan fingerprint density at radius 1 is 1.35 bits per heavy atom. The van der Waals surface area contributed by atoms with Gasteiger partial charge in [0.25, 0.3) is 0 Å². The van der Waals surface area contributed by atoms with E-state index in [4.69, 9.17) is 16.3 Å². The van der Waals surface area contributed by atoms with Crippen LogP contribution in [0.3, 0.4) is 0 Å². The van der Waals surface area contributed by atoms with Crippen molar-refractivity contribution in [1.29, 1.82) is 0 Å². The molecule has 20 heavy (non-hydrogen) atoms. The van der Waals surface area contributed by atoms with Crippen molar-refractivity contribution in [2.45, 2.75) is 32.9 Å². The van der Waals surface area contributed by atoms with Crippen molar-refractivity contribution < 1.29 is 4.74 Å². The maximum Gasteiger partial charge on any atom is 0.342 e. The maximum atomic E-state index is 6.14. The van der Waals surface area contributed by atoms with Gasteiger partial charge in [-0.05, 0) is 26.3 Å². The van der Waals surface area contributed by atoms with E-state index >= 15 is 0 Å². The SMILES string of the molecule is Cn1cnc(Oc2cc(CNC(C)(C)C)c(Cl)cn2)n1. The molecule has 0 fully saturated rings. The topological polar surface area (TPSA) is 64.9 Å². The Morgan fingerprint density at radius 3 is 2.70 bits per heavy atom. The highest BCUT2D eigenvalue weighted by Crippen LogP contribution is 2.22. The van der Waals surface area contributed by atoms with Gasteiger partial charge in [-0.25, -0.2) is 4.98 Å². The van der Waals surface area contributed by atoms with Gasteiger partial charge in [0.15, 0.2) is 0 Å². The molecule has 0 spiro atoms. The Balaban J connectivity index is 2.11. The first-order chi connectivity index (χ1) is 9.33. The summed E-state index contributed by atoms with van der Waals surface area (Å²) < 4.78 is 7.05. The molecule has 2 rings (SSSR count). The molecule has 0 unspecified atom stereocenters. The molecule has 0 bridgehead atoms. The fraction of sp³-hybridized carbons (Fsp3) is 0.462. The number of halogens is 1. The van der Waals surface area contributed by atoms with Crippen LogP contribution in [0.15, 0.2) is 18.6 Å². The van der Waals surface area contributed by atoms with E-state index in [9.17, 15) is 0 Å². The van der Waals surface area contributed by atoms with E-state index in [2.05, 4.69) is 41.2 Å². The van der Waals surface area contributed by atoms with Crippen molar-refractivity contribution in [3.8, 4) is 11.9 Å². The van der Waals surface area contributed by atoms with Gasteiger partial charge in [-0.15, -0.1) is 5.10 Å². The molecule has 1 N–H and O–H groups in total. The van der Waals surface area contributed by atoms with E-state index in [1.165, 1.54) is 0 Å². The standard InChI is InChI=1S/C13H18ClN5O/c1-13(2,3)17-6-9-5-11(15-7-10(9)14)20-12-16-8-19(4)18-12/h5,7-8,17H,6H2,1-4H3. The number of rotatable bonds is 4. The number of aromatic nitrogens is 4. The van der Waals surface area contributed by atoms with E-state index < -0.39 is 0 Å². The summed E-state index contributed by atoms with van der Waals surface area (Å²) in [6.45, 7) is 6.92. The molecule has 0 amide bonds. The second kappa shape index (κ2) is 5.76. The van der Waals surface area contributed by atoms with Crippen LogP contribution in [0, 0.1) is 0 Å². The number of hydrogen-bond donors (Lipinski definition) is 1. The van der Waals surface area contributed by atoms with Gasteiger partial charge < -0.3 is 10.1 Å². The van der Waals surface area contributed by atoms with Crippen LogP contribution < -0.4 is 10.1 Å². The summed E-state index contributed by atoms with van der Waals surface area (Å²) in [5.41, 5.74) is 0.929. The van der Waals surface area contributed by atoms with Gasteiger partial charge in [0.1, 0.15) is 6.33 Å². The third-order valence-electron chi connectivity index (χ3n) is 2.49. The summed E-state index contributed by atoms with van der Waals surface area (Å²) in [4.78, 5) is 8.11. The molecule has 0 saturated heterocycles. The monoisotopic (exact) mass is 295 g/mol. The molecule has 0 atom stereocenters. The minimum Gasteiger partial charge on any atom is -0.404 e. The fourth-order valence-corrected chi connectivity index (χ4v) is 1.64. The van der Waals surface area contributed by atoms with E-state index in [0.717, 1.165) is 5.56 Å². The van der Waals surface area contributed by atoms with E-state index in [1.54, 1.807) is 30.3 Å². The number of nitrogens with one attached hydrogen (secondary N) is 1. The number of nitrogens with zero attached hydrogens (tertiary/aromatic N) is 4. The Kier molecular flexibility index (Phi) is 4.25. The summed E-state index contributed by atoms with van der Waals surface area (Å²) in [5.74, 6) is 0.423. The third kappa shape index (κ3) is 4.18. The molecule has 7 heteroatoms. The van der Waals surface area contributed by atoms with Gasteiger partial charge in [-0.1, -0.05) is 11.6 Å². The lowest BCUT2D eigenvalue weighted by molar-refractivity contribution is 0.413. The molecule has 2 aromatic heterocycles. The maximum absolute atomic E-state index is 6.14. The number of aryl methyl sites for hydroxylation is 1. The van der Waals surface area contributed by atoms with Crippen LogP contribution in [0.5, 0.6) is 11.9 Å². The normalized spacial score (nSPS) is 11.7. The van der Waals surface area contributed by atoms with Crippen molar-refractivity contribution in [2.24, 2.45) is 7.05 Å². The first-order valence-corrected chi connectivity index (χ1v) is 6.64. The van der Waals surface area contributed by atoms with Crippen LogP contribution in [0.4, 0.5) is 0 Å². The first kappa shape index (κ1) is 14.7. The second-order valence-electron chi connectivity index (χ2n) is 5.52. The van der Waals surface area contributed by atoms with Crippen molar-refractivity contribution >= 4 is 11.6 Å². The van der Waals surface area contributed by atoms with Crippen LogP contribution in [-0.2, 0) is 13.6 Å². The van der Waals surface area contributed by atoms with E-state index in [1.807, 2.05) is 0 Å². The highest BCUT2D eigenvalue weighted by Gasteiger charge is 2.12. The molecule has 0 aliphatic carbocycles. The highest BCUT2D eigenvalue weighted by atomic mass is 35.5. The molecular weight excluding hydrogens is 278 g/mol. The summed E-state index contributed by atoms with van der Waals surface area (Å²) in [6, 6.07) is 2.05. The molecule has 2 heterocycles. The lowest BCUT2D eigenvalue weighted by Crippen LogP contribution is -2.35. The summed E-state index contributed by atoms with van der Waals surface area (Å²) in [6.07, 6.45) is 3.13. The summed E-state index contributed by atoms with van der Waals surface area (Å²) in [7, 11) is 1.77. The van der Waals surface area contributed by atoms with E-state index in [-0.39, 0.29) is 11.5 Å². The van der Waals surface area contributed by atoms with Crippen molar-refractivity contribution in [2.75, 3.05) is 0 Å². The average Bonchev–Trinajstić information content (AvgIpc) is 2.74. The zero-order chi connectivity index (χ0) is 14.8. The van der Waals surface area contributed by atoms with Crippen molar-refractivity contribution in [3.05, 3.63) is 29.2 Å². The lowest BCUT2D eigenvalue weighted by Gasteiger charge is -2.21. The molecule has 0 aromatic carbocycles. The van der Waals surface area contributed by atoms with Gasteiger partial charge in [-0.2, -0.15) is 4.98 Å². The fourth-order valence-electron chi connectivity index (χ4n) is 1.47. The van der Waals surface area contributed by atoms with Crippen molar-refractivity contribution in [1.82, 2.24) is 25.1 Å². The minimum absolute atomic E-state index is 0.0101. The number of hydrogen-bond acceptors (Lipinski definition) is 5. The Hall–Kier alpha value is -1.66. The Bertz CT molecular complexity index is 591. The summed E-state index contributed by atoms with van der Waals surface area (Å²) >= 11 is 6.14. The average molecular weight is 296 g/mol. The van der Waals surface area contributed by atoms with Crippen molar-refractivity contribution in [3.63, 3.8) is 0 Å². The molecule has 0 aliphatic rings. The van der Waals surface area contributed by atoms with Crippen LogP contribution in [0.2, 0.25) is 5.02 Å². The molecule has 0 radical (unpaired) electrons. The minimum atomic E-state index is 0.0101. The molecule has 108 valence electrons. The van der Waals surface area contributed by atoms with Gasteiger partial charge in [0, 0.05) is 31.4 Å². The first-order valence-electron chi connectivity index (χ1n) is 6.26. The predicted molar refractivity (Wildman–Crippen MR) is 76.9 cm³/mol. The zero-order valence-electron chi connectivity index (χ0n) is 12.0. The largest absolute Gasteiger partial charge is 0.404 e. The molecule has 6 nitrogen and oxygen atoms in total. The summed E-state index contributed by atoms with van der Waals surface area (Å²) in [5, 5.41) is 8.01. The van der Waals surface area contributed by atoms with Crippen LogP contribution in [0.25, 0.3) is 0 Å². The zero-order valence-corrected chi connectivity index (χ0v) is 12.8. The van der Waals surface area contributed by atoms with Crippen LogP contribution in [0.1, 0.15) is 26.3 Å². The Morgan fingerprint density at radius 2 is 2.10 bits per heavy atom. The van der Waals surface area contributed by atoms with E-state index in [0.29, 0.717) is 17.4 Å². The van der Waals surface area contributed by atoms with Crippen LogP contribution >= 0.6 is 11.6 Å². The second-order valence-corrected chi connectivity index (χ2v) is 5.93. The number of pyridine rings is 1. The highest BCUT2D eigenvalue weighted by molar-refractivity contribution is 6.31. The number of ether oxygens (including phenoxy) is 1. The van der Waals surface area contributed by atoms with Crippen LogP contribution in [-0.4, -0.2) is 25.3 Å². The smallest absolute Gasteiger partial charge is 0.342 e. The van der Waals surface area contributed by atoms with Gasteiger partial charge in [-0.3, -0.25) is 4.68 Å².